The van der Waals surface area contributed by atoms with E-state index in [0.29, 0.717) is 12.2 Å². The van der Waals surface area contributed by atoms with Gasteiger partial charge in [0.25, 0.3) is 5.56 Å². The number of thioether (sulfide) groups is 1. The Morgan fingerprint density at radius 2 is 2.41 bits per heavy atom. The molecule has 1 aliphatic heterocycles. The van der Waals surface area contributed by atoms with Gasteiger partial charge in [0.05, 0.1) is 6.10 Å². The van der Waals surface area contributed by atoms with Gasteiger partial charge in [-0.2, -0.15) is 4.98 Å². The van der Waals surface area contributed by atoms with Gasteiger partial charge in [0.15, 0.2) is 5.65 Å². The summed E-state index contributed by atoms with van der Waals surface area (Å²) in [5.41, 5.74) is 4.85. The van der Waals surface area contributed by atoms with Crippen LogP contribution in [0.5, 0.6) is 0 Å². The fourth-order valence-corrected chi connectivity index (χ4v) is 4.21. The zero-order valence-electron chi connectivity index (χ0n) is 11.4. The van der Waals surface area contributed by atoms with E-state index in [1.54, 1.807) is 6.08 Å². The minimum Gasteiger partial charge on any atom is -0.389 e. The Labute approximate surface area is 132 Å². The number of aliphatic hydroxyl groups excluding tert-OH is 1. The van der Waals surface area contributed by atoms with Crippen LogP contribution in [0.1, 0.15) is 12.6 Å². The number of anilines is 1. The van der Waals surface area contributed by atoms with E-state index in [4.69, 9.17) is 10.5 Å². The summed E-state index contributed by atoms with van der Waals surface area (Å²) in [6.45, 7) is 3.57. The van der Waals surface area contributed by atoms with Crippen LogP contribution in [0.4, 0.5) is 5.95 Å². The van der Waals surface area contributed by atoms with Crippen molar-refractivity contribution < 1.29 is 9.84 Å². The van der Waals surface area contributed by atoms with Gasteiger partial charge in [0.1, 0.15) is 16.4 Å². The maximum absolute atomic E-state index is 12.2. The molecule has 118 valence electrons. The molecular weight excluding hydrogens is 328 g/mol. The van der Waals surface area contributed by atoms with Crippen LogP contribution < -0.4 is 16.2 Å². The molecule has 10 heteroatoms. The average molecular weight is 342 g/mol. The molecule has 1 saturated heterocycles. The molecule has 0 radical (unpaired) electrons. The van der Waals surface area contributed by atoms with Crippen molar-refractivity contribution in [2.24, 2.45) is 0 Å². The minimum absolute atomic E-state index is 0.0575. The Bertz CT molecular complexity index is 827. The third-order valence-electron chi connectivity index (χ3n) is 3.20. The smallest absolute Gasteiger partial charge is 0.311 e. The number of hydrogen-bond donors (Lipinski definition) is 3. The summed E-state index contributed by atoms with van der Waals surface area (Å²) < 4.78 is 7.26. The summed E-state index contributed by atoms with van der Waals surface area (Å²) >= 11 is 2.20. The molecule has 22 heavy (non-hydrogen) atoms. The van der Waals surface area contributed by atoms with E-state index in [-0.39, 0.29) is 21.2 Å². The number of thiazole rings is 1. The normalized spacial score (nSPS) is 23.0. The van der Waals surface area contributed by atoms with Crippen LogP contribution in [-0.2, 0) is 4.74 Å². The van der Waals surface area contributed by atoms with Crippen LogP contribution >= 0.6 is 23.1 Å². The maximum Gasteiger partial charge on any atom is 0.311 e. The lowest BCUT2D eigenvalue weighted by molar-refractivity contribution is -0.0361. The van der Waals surface area contributed by atoms with E-state index in [1.165, 1.54) is 16.3 Å². The zero-order valence-corrected chi connectivity index (χ0v) is 13.0. The van der Waals surface area contributed by atoms with Crippen molar-refractivity contribution in [3.63, 3.8) is 0 Å². The number of fused-ring (bicyclic) bond motifs is 1. The number of H-pyrrole nitrogens is 1. The fraction of sp³-hybridized carbons (Fsp3) is 0.417. The number of ether oxygens (including phenoxy) is 1. The summed E-state index contributed by atoms with van der Waals surface area (Å²) in [5, 5.41) is 9.94. The zero-order chi connectivity index (χ0) is 15.9. The van der Waals surface area contributed by atoms with Crippen molar-refractivity contribution >= 4 is 39.4 Å². The third kappa shape index (κ3) is 2.58. The van der Waals surface area contributed by atoms with Crippen molar-refractivity contribution in [3.8, 4) is 0 Å². The number of aliphatic hydroxyl groups is 1. The molecule has 0 spiro atoms. The van der Waals surface area contributed by atoms with Crippen LogP contribution in [0.3, 0.4) is 0 Å². The Kier molecular flexibility index (Phi) is 4.08. The predicted octanol–water partition coefficient (Wildman–Crippen LogP) is 0.254. The van der Waals surface area contributed by atoms with Gasteiger partial charge in [0, 0.05) is 5.75 Å². The van der Waals surface area contributed by atoms with Crippen molar-refractivity contribution in [1.29, 1.82) is 0 Å². The van der Waals surface area contributed by atoms with E-state index in [1.807, 2.05) is 0 Å². The first-order chi connectivity index (χ1) is 10.5. The van der Waals surface area contributed by atoms with Gasteiger partial charge in [-0.15, -0.1) is 18.3 Å². The summed E-state index contributed by atoms with van der Waals surface area (Å²) in [6.07, 6.45) is 0.712. The maximum atomic E-state index is 12.2. The SMILES string of the molecule is C=CCC(O)[C@H]1O[C@@H](n2c(=O)sc3c(=O)[nH]c(N)nc32)CS1. The van der Waals surface area contributed by atoms with Crippen LogP contribution in [0.15, 0.2) is 22.2 Å². The van der Waals surface area contributed by atoms with Crippen molar-refractivity contribution in [2.75, 3.05) is 11.5 Å². The van der Waals surface area contributed by atoms with E-state index < -0.39 is 23.3 Å². The van der Waals surface area contributed by atoms with Gasteiger partial charge in [0.2, 0.25) is 5.95 Å². The molecule has 2 aromatic heterocycles. The first kappa shape index (κ1) is 15.3. The highest BCUT2D eigenvalue weighted by Gasteiger charge is 2.34. The van der Waals surface area contributed by atoms with Gasteiger partial charge in [-0.1, -0.05) is 17.4 Å². The standard InChI is InChI=1S/C12H14N4O4S2/c1-2-3-5(17)10-20-6(4-21-10)16-8-7(22-12(16)19)9(18)15-11(13)14-8/h2,5-6,10,17H,1,3-4H2,(H3,13,14,15,18)/t5?,6-,10+/m1/s1. The van der Waals surface area contributed by atoms with Crippen molar-refractivity contribution in [2.45, 2.75) is 24.2 Å². The molecule has 0 aliphatic carbocycles. The minimum atomic E-state index is -0.700. The van der Waals surface area contributed by atoms with Gasteiger partial charge in [-0.3, -0.25) is 19.1 Å². The second kappa shape index (κ2) is 5.88. The predicted molar refractivity (Wildman–Crippen MR) is 86.1 cm³/mol. The first-order valence-corrected chi connectivity index (χ1v) is 8.34. The number of aromatic nitrogens is 3. The molecule has 0 aromatic carbocycles. The second-order valence-corrected chi connectivity index (χ2v) is 6.82. The van der Waals surface area contributed by atoms with Gasteiger partial charge >= 0.3 is 4.87 Å². The molecule has 1 fully saturated rings. The van der Waals surface area contributed by atoms with Crippen LogP contribution in [0.2, 0.25) is 0 Å². The molecule has 0 amide bonds. The lowest BCUT2D eigenvalue weighted by Crippen LogP contribution is -2.26. The molecule has 0 saturated carbocycles. The molecule has 8 nitrogen and oxygen atoms in total. The number of rotatable bonds is 4. The topological polar surface area (TPSA) is 123 Å². The molecule has 3 heterocycles. The molecule has 2 aromatic rings. The Morgan fingerprint density at radius 1 is 1.64 bits per heavy atom. The highest BCUT2D eigenvalue weighted by atomic mass is 32.2. The largest absolute Gasteiger partial charge is 0.389 e. The number of nitrogens with two attached hydrogens (primary N) is 1. The number of hydrogen-bond acceptors (Lipinski definition) is 8. The lowest BCUT2D eigenvalue weighted by Gasteiger charge is -2.17. The van der Waals surface area contributed by atoms with E-state index in [0.717, 1.165) is 11.3 Å². The van der Waals surface area contributed by atoms with Gasteiger partial charge in [-0.25, -0.2) is 0 Å². The van der Waals surface area contributed by atoms with Crippen LogP contribution in [-0.4, -0.2) is 36.9 Å². The van der Waals surface area contributed by atoms with E-state index >= 15 is 0 Å². The van der Waals surface area contributed by atoms with Crippen molar-refractivity contribution in [3.05, 3.63) is 32.7 Å². The molecule has 0 bridgehead atoms. The molecule has 1 aliphatic rings. The molecular formula is C12H14N4O4S2. The summed E-state index contributed by atoms with van der Waals surface area (Å²) in [4.78, 5) is 30.0. The first-order valence-electron chi connectivity index (χ1n) is 6.48. The fourth-order valence-electron chi connectivity index (χ4n) is 2.23. The van der Waals surface area contributed by atoms with Gasteiger partial charge < -0.3 is 15.6 Å². The summed E-state index contributed by atoms with van der Waals surface area (Å²) in [5.74, 6) is 0.414. The molecule has 3 atom stereocenters. The molecule has 4 N–H and O–H groups in total. The Morgan fingerprint density at radius 3 is 3.14 bits per heavy atom. The molecule has 1 unspecified atom stereocenters. The Balaban J connectivity index is 1.98. The summed E-state index contributed by atoms with van der Waals surface area (Å²) in [6, 6.07) is 0. The Hall–Kier alpha value is -1.62. The quantitative estimate of drug-likeness (QED) is 0.681. The number of nitrogens with zero attached hydrogens (tertiary/aromatic N) is 2. The van der Waals surface area contributed by atoms with Gasteiger partial charge in [-0.05, 0) is 6.42 Å². The van der Waals surface area contributed by atoms with Crippen LogP contribution in [0.25, 0.3) is 10.3 Å². The lowest BCUT2D eigenvalue weighted by atomic mass is 10.3. The van der Waals surface area contributed by atoms with Crippen molar-refractivity contribution in [1.82, 2.24) is 14.5 Å². The monoisotopic (exact) mass is 342 g/mol. The van der Waals surface area contributed by atoms with E-state index in [2.05, 4.69) is 16.5 Å². The highest BCUT2D eigenvalue weighted by molar-refractivity contribution is 8.00. The van der Waals surface area contributed by atoms with E-state index in [9.17, 15) is 14.7 Å². The van der Waals surface area contributed by atoms with Crippen LogP contribution in [0, 0.1) is 0 Å². The third-order valence-corrected chi connectivity index (χ3v) is 5.37. The highest BCUT2D eigenvalue weighted by Crippen LogP contribution is 2.35. The number of aromatic amines is 1. The molecule has 3 rings (SSSR count). The average Bonchev–Trinajstić information content (AvgIpc) is 3.03. The second-order valence-electron chi connectivity index (χ2n) is 4.73. The number of nitrogen functional groups attached to an aromatic ring is 1. The number of nitrogens with one attached hydrogen (secondary N) is 1. The summed E-state index contributed by atoms with van der Waals surface area (Å²) in [7, 11) is 0.